The van der Waals surface area contributed by atoms with E-state index in [-0.39, 0.29) is 11.3 Å². The van der Waals surface area contributed by atoms with Gasteiger partial charge in [0.1, 0.15) is 6.04 Å². The van der Waals surface area contributed by atoms with Gasteiger partial charge in [0, 0.05) is 19.2 Å². The molecule has 1 unspecified atom stereocenters. The molecule has 0 fully saturated rings. The summed E-state index contributed by atoms with van der Waals surface area (Å²) in [5.74, 6) is -0.447. The van der Waals surface area contributed by atoms with E-state index in [4.69, 9.17) is 5.26 Å². The molecule has 0 radical (unpaired) electrons. The van der Waals surface area contributed by atoms with Crippen molar-refractivity contribution < 1.29 is 18.0 Å². The second kappa shape index (κ2) is 10.6. The van der Waals surface area contributed by atoms with Crippen LogP contribution in [0, 0.1) is 18.3 Å². The zero-order valence-electron chi connectivity index (χ0n) is 18.7. The number of likely N-dealkylation sites (N-methyl/N-ethyl adjacent to an activating group) is 1. The van der Waals surface area contributed by atoms with E-state index in [9.17, 15) is 18.0 Å². The predicted molar refractivity (Wildman–Crippen MR) is 129 cm³/mol. The van der Waals surface area contributed by atoms with Crippen LogP contribution in [-0.4, -0.2) is 33.4 Å². The van der Waals surface area contributed by atoms with Gasteiger partial charge in [-0.05, 0) is 48.4 Å². The summed E-state index contributed by atoms with van der Waals surface area (Å²) in [6.45, 7) is 1.63. The average molecular weight is 477 g/mol. The van der Waals surface area contributed by atoms with Crippen LogP contribution in [-0.2, 0) is 21.2 Å². The number of carbonyl (C=O) groups is 2. The van der Waals surface area contributed by atoms with Crippen LogP contribution < -0.4 is 14.9 Å². The maximum atomic E-state index is 13.3. The molecule has 34 heavy (non-hydrogen) atoms. The van der Waals surface area contributed by atoms with Crippen molar-refractivity contribution in [2.75, 3.05) is 11.9 Å². The van der Waals surface area contributed by atoms with Crippen LogP contribution in [0.4, 0.5) is 10.5 Å². The SMILES string of the molecule is Cc1ccccc1S(=O)(=O)NC(=O)NC(Cc1ccccc1)C(=O)N(C)c1ccc(C#N)cc1. The number of benzene rings is 3. The molecule has 2 N–H and O–H groups in total. The number of urea groups is 1. The Kier molecular flexibility index (Phi) is 7.66. The quantitative estimate of drug-likeness (QED) is 0.543. The first-order valence-electron chi connectivity index (χ1n) is 10.4. The molecule has 0 spiro atoms. The molecule has 0 aliphatic heterocycles. The van der Waals surface area contributed by atoms with Gasteiger partial charge in [-0.25, -0.2) is 17.9 Å². The van der Waals surface area contributed by atoms with E-state index in [1.165, 1.54) is 11.0 Å². The molecule has 1 atom stereocenters. The average Bonchev–Trinajstić information content (AvgIpc) is 2.83. The van der Waals surface area contributed by atoms with E-state index < -0.39 is 28.0 Å². The minimum Gasteiger partial charge on any atom is -0.325 e. The minimum atomic E-state index is -4.13. The van der Waals surface area contributed by atoms with Crippen LogP contribution in [0.15, 0.2) is 83.8 Å². The Morgan fingerprint density at radius 2 is 1.59 bits per heavy atom. The first-order chi connectivity index (χ1) is 16.2. The fraction of sp³-hybridized carbons (Fsp3) is 0.160. The molecule has 0 bridgehead atoms. The lowest BCUT2D eigenvalue weighted by molar-refractivity contribution is -0.120. The molecule has 0 aliphatic carbocycles. The molecular formula is C25H24N4O4S. The van der Waals surface area contributed by atoms with Crippen molar-refractivity contribution in [1.29, 1.82) is 5.26 Å². The molecule has 0 aliphatic rings. The topological polar surface area (TPSA) is 119 Å². The van der Waals surface area contributed by atoms with Crippen molar-refractivity contribution in [2.45, 2.75) is 24.3 Å². The van der Waals surface area contributed by atoms with E-state index >= 15 is 0 Å². The number of aryl methyl sites for hydroxylation is 1. The number of amides is 3. The summed E-state index contributed by atoms with van der Waals surface area (Å²) >= 11 is 0. The van der Waals surface area contributed by atoms with Crippen LogP contribution >= 0.6 is 0 Å². The van der Waals surface area contributed by atoms with Crippen LogP contribution in [0.25, 0.3) is 0 Å². The molecule has 3 amide bonds. The molecule has 3 rings (SSSR count). The molecule has 8 nitrogen and oxygen atoms in total. The number of rotatable bonds is 7. The Bertz CT molecular complexity index is 1320. The summed E-state index contributed by atoms with van der Waals surface area (Å²) in [5.41, 5.74) is 2.25. The third-order valence-corrected chi connectivity index (χ3v) is 6.70. The summed E-state index contributed by atoms with van der Waals surface area (Å²) < 4.78 is 27.4. The second-order valence-corrected chi connectivity index (χ2v) is 9.29. The summed E-state index contributed by atoms with van der Waals surface area (Å²) in [4.78, 5) is 27.3. The number of carbonyl (C=O) groups excluding carboxylic acids is 2. The van der Waals surface area contributed by atoms with Gasteiger partial charge >= 0.3 is 6.03 Å². The van der Waals surface area contributed by atoms with Crippen LogP contribution in [0.3, 0.4) is 0 Å². The van der Waals surface area contributed by atoms with Crippen LogP contribution in [0.5, 0.6) is 0 Å². The van der Waals surface area contributed by atoms with Crippen molar-refractivity contribution in [3.05, 3.63) is 95.6 Å². The number of hydrogen-bond acceptors (Lipinski definition) is 5. The largest absolute Gasteiger partial charge is 0.329 e. The van der Waals surface area contributed by atoms with Crippen LogP contribution in [0.1, 0.15) is 16.7 Å². The first kappa shape index (κ1) is 24.5. The fourth-order valence-corrected chi connectivity index (χ4v) is 4.56. The van der Waals surface area contributed by atoms with Gasteiger partial charge in [-0.15, -0.1) is 0 Å². The standard InChI is InChI=1S/C25H24N4O4S/c1-18-8-6-7-11-23(18)34(32,33)28-25(31)27-22(16-19-9-4-3-5-10-19)24(30)29(2)21-14-12-20(17-26)13-15-21/h3-15,22H,16H2,1-2H3,(H2,27,28,31). The van der Waals surface area contributed by atoms with E-state index in [0.29, 0.717) is 16.8 Å². The molecule has 3 aromatic rings. The van der Waals surface area contributed by atoms with E-state index in [1.54, 1.807) is 56.4 Å². The number of nitrogens with zero attached hydrogens (tertiary/aromatic N) is 2. The van der Waals surface area contributed by atoms with Gasteiger partial charge < -0.3 is 10.2 Å². The molecule has 3 aromatic carbocycles. The normalized spacial score (nSPS) is 11.7. The summed E-state index contributed by atoms with van der Waals surface area (Å²) in [5, 5.41) is 11.5. The second-order valence-electron chi connectivity index (χ2n) is 7.64. The Morgan fingerprint density at radius 1 is 0.971 bits per heavy atom. The first-order valence-corrected chi connectivity index (χ1v) is 11.9. The smallest absolute Gasteiger partial charge is 0.325 e. The van der Waals surface area contributed by atoms with Crippen molar-refractivity contribution in [2.24, 2.45) is 0 Å². The zero-order chi connectivity index (χ0) is 24.7. The van der Waals surface area contributed by atoms with E-state index in [0.717, 1.165) is 5.56 Å². The van der Waals surface area contributed by atoms with Crippen molar-refractivity contribution in [1.82, 2.24) is 10.0 Å². The maximum Gasteiger partial charge on any atom is 0.329 e. The summed E-state index contributed by atoms with van der Waals surface area (Å²) in [6.07, 6.45) is 0.151. The van der Waals surface area contributed by atoms with Gasteiger partial charge in [-0.3, -0.25) is 4.79 Å². The third kappa shape index (κ3) is 5.99. The van der Waals surface area contributed by atoms with Crippen LogP contribution in [0.2, 0.25) is 0 Å². The highest BCUT2D eigenvalue weighted by atomic mass is 32.2. The minimum absolute atomic E-state index is 0.0224. The number of hydrogen-bond donors (Lipinski definition) is 2. The Morgan fingerprint density at radius 3 is 2.21 bits per heavy atom. The zero-order valence-corrected chi connectivity index (χ0v) is 19.5. The predicted octanol–water partition coefficient (Wildman–Crippen LogP) is 3.13. The Hall–Kier alpha value is -4.16. The van der Waals surface area contributed by atoms with Gasteiger partial charge in [0.2, 0.25) is 5.91 Å². The molecular weight excluding hydrogens is 452 g/mol. The highest BCUT2D eigenvalue weighted by molar-refractivity contribution is 7.90. The number of sulfonamides is 1. The van der Waals surface area contributed by atoms with Crippen molar-refractivity contribution in [3.8, 4) is 6.07 Å². The van der Waals surface area contributed by atoms with E-state index in [1.807, 2.05) is 41.1 Å². The summed E-state index contributed by atoms with van der Waals surface area (Å²) in [7, 11) is -2.59. The molecule has 174 valence electrons. The lowest BCUT2D eigenvalue weighted by Crippen LogP contribution is -2.52. The Labute approximate surface area is 198 Å². The van der Waals surface area contributed by atoms with Crippen molar-refractivity contribution in [3.63, 3.8) is 0 Å². The highest BCUT2D eigenvalue weighted by Gasteiger charge is 2.27. The summed E-state index contributed by atoms with van der Waals surface area (Å²) in [6, 6.07) is 21.7. The van der Waals surface area contributed by atoms with Gasteiger partial charge in [-0.1, -0.05) is 48.5 Å². The fourth-order valence-electron chi connectivity index (χ4n) is 3.39. The molecule has 0 saturated heterocycles. The number of nitriles is 1. The monoisotopic (exact) mass is 476 g/mol. The molecule has 9 heteroatoms. The molecule has 0 saturated carbocycles. The van der Waals surface area contributed by atoms with Gasteiger partial charge in [0.25, 0.3) is 10.0 Å². The highest BCUT2D eigenvalue weighted by Crippen LogP contribution is 2.17. The lowest BCUT2D eigenvalue weighted by Gasteiger charge is -2.25. The number of anilines is 1. The van der Waals surface area contributed by atoms with Gasteiger partial charge in [-0.2, -0.15) is 5.26 Å². The molecule has 0 heterocycles. The van der Waals surface area contributed by atoms with Crippen molar-refractivity contribution >= 4 is 27.6 Å². The lowest BCUT2D eigenvalue weighted by atomic mass is 10.0. The Balaban J connectivity index is 1.82. The molecule has 0 aromatic heterocycles. The number of nitrogens with one attached hydrogen (secondary N) is 2. The maximum absolute atomic E-state index is 13.3. The van der Waals surface area contributed by atoms with Gasteiger partial charge in [0.15, 0.2) is 0 Å². The third-order valence-electron chi connectivity index (χ3n) is 5.21. The van der Waals surface area contributed by atoms with Gasteiger partial charge in [0.05, 0.1) is 16.5 Å². The van der Waals surface area contributed by atoms with E-state index in [2.05, 4.69) is 5.32 Å².